The van der Waals surface area contributed by atoms with Crippen molar-refractivity contribution in [2.45, 2.75) is 25.6 Å². The van der Waals surface area contributed by atoms with Gasteiger partial charge in [0.05, 0.1) is 5.75 Å². The van der Waals surface area contributed by atoms with Crippen LogP contribution in [0.25, 0.3) is 0 Å². The van der Waals surface area contributed by atoms with Crippen LogP contribution in [0.15, 0.2) is 0 Å². The van der Waals surface area contributed by atoms with Crippen molar-refractivity contribution < 1.29 is 23.8 Å². The van der Waals surface area contributed by atoms with Crippen LogP contribution in [0, 0.1) is 0 Å². The molecule has 0 aromatic carbocycles. The summed E-state index contributed by atoms with van der Waals surface area (Å²) in [6.45, 7) is 2.86. The number of hydrogen-bond donors (Lipinski definition) is 0. The molecular weight excluding hydrogens is 208 g/mol. The van der Waals surface area contributed by atoms with E-state index in [0.29, 0.717) is 5.75 Å². The fourth-order valence-corrected chi connectivity index (χ4v) is 1.84. The Balaban J connectivity index is 2.20. The molecular formula is C8H12O5S. The van der Waals surface area contributed by atoms with Crippen LogP contribution in [0.4, 0.5) is 0 Å². The highest BCUT2D eigenvalue weighted by Crippen LogP contribution is 2.25. The maximum Gasteiger partial charge on any atom is 0.304 e. The van der Waals surface area contributed by atoms with Crippen LogP contribution >= 0.6 is 11.8 Å². The minimum absolute atomic E-state index is 0.192. The molecule has 2 atom stereocenters. The number of ether oxygens (including phenoxy) is 3. The van der Waals surface area contributed by atoms with Crippen molar-refractivity contribution in [1.82, 2.24) is 0 Å². The first-order valence-electron chi connectivity index (χ1n) is 4.15. The molecule has 1 aliphatic heterocycles. The van der Waals surface area contributed by atoms with Gasteiger partial charge in [-0.05, 0) is 0 Å². The van der Waals surface area contributed by atoms with E-state index >= 15 is 0 Å². The van der Waals surface area contributed by atoms with Gasteiger partial charge in [0.25, 0.3) is 0 Å². The summed E-state index contributed by atoms with van der Waals surface area (Å²) in [5.74, 6) is -0.139. The first kappa shape index (κ1) is 11.3. The van der Waals surface area contributed by atoms with E-state index in [0.717, 1.165) is 0 Å². The van der Waals surface area contributed by atoms with Crippen molar-refractivity contribution in [3.8, 4) is 0 Å². The first-order valence-corrected chi connectivity index (χ1v) is 5.20. The molecule has 0 aliphatic carbocycles. The molecule has 0 N–H and O–H groups in total. The van der Waals surface area contributed by atoms with Crippen molar-refractivity contribution in [3.63, 3.8) is 0 Å². The smallest absolute Gasteiger partial charge is 0.304 e. The van der Waals surface area contributed by atoms with Gasteiger partial charge >= 0.3 is 11.9 Å². The molecule has 0 aromatic heterocycles. The number of thioether (sulfide) groups is 1. The minimum Gasteiger partial charge on any atom is -0.462 e. The molecule has 1 rings (SSSR count). The maximum absolute atomic E-state index is 10.6. The lowest BCUT2D eigenvalue weighted by Crippen LogP contribution is -2.21. The number of rotatable bonds is 3. The van der Waals surface area contributed by atoms with Gasteiger partial charge in [0, 0.05) is 13.8 Å². The Morgan fingerprint density at radius 3 is 2.71 bits per heavy atom. The van der Waals surface area contributed by atoms with Crippen LogP contribution < -0.4 is 0 Å². The standard InChI is InChI=1S/C8H12O5S/c1-5(9)11-3-8-13-7(4-14-8)12-6(2)10/h7-8H,3-4H2,1-2H3/t7-,8+/m1/s1. The fourth-order valence-electron chi connectivity index (χ4n) is 0.953. The molecule has 0 radical (unpaired) electrons. The van der Waals surface area contributed by atoms with Crippen LogP contribution in [0.5, 0.6) is 0 Å². The van der Waals surface area contributed by atoms with Crippen LogP contribution in [-0.4, -0.2) is 36.0 Å². The van der Waals surface area contributed by atoms with E-state index in [4.69, 9.17) is 14.2 Å². The fraction of sp³-hybridized carbons (Fsp3) is 0.750. The Labute approximate surface area is 86.1 Å². The summed E-state index contributed by atoms with van der Waals surface area (Å²) in [4.78, 5) is 21.1. The molecule has 1 heterocycles. The van der Waals surface area contributed by atoms with Crippen LogP contribution in [-0.2, 0) is 23.8 Å². The van der Waals surface area contributed by atoms with E-state index in [9.17, 15) is 9.59 Å². The molecule has 14 heavy (non-hydrogen) atoms. The highest BCUT2D eigenvalue weighted by atomic mass is 32.2. The van der Waals surface area contributed by atoms with Gasteiger partial charge in [0.1, 0.15) is 12.0 Å². The zero-order valence-electron chi connectivity index (χ0n) is 8.02. The number of carbonyl (C=O) groups is 2. The number of carbonyl (C=O) groups excluding carboxylic acids is 2. The average molecular weight is 220 g/mol. The molecule has 5 nitrogen and oxygen atoms in total. The van der Waals surface area contributed by atoms with E-state index in [1.807, 2.05) is 0 Å². The third-order valence-electron chi connectivity index (χ3n) is 1.44. The molecule has 1 saturated heterocycles. The van der Waals surface area contributed by atoms with Gasteiger partial charge in [-0.3, -0.25) is 9.59 Å². The van der Waals surface area contributed by atoms with Gasteiger partial charge < -0.3 is 14.2 Å². The van der Waals surface area contributed by atoms with Crippen molar-refractivity contribution in [2.24, 2.45) is 0 Å². The van der Waals surface area contributed by atoms with Gasteiger partial charge in [0.2, 0.25) is 6.29 Å². The molecule has 1 aliphatic rings. The van der Waals surface area contributed by atoms with E-state index < -0.39 is 6.29 Å². The predicted molar refractivity (Wildman–Crippen MR) is 49.5 cm³/mol. The molecule has 6 heteroatoms. The Bertz CT molecular complexity index is 230. The lowest BCUT2D eigenvalue weighted by molar-refractivity contribution is -0.174. The van der Waals surface area contributed by atoms with E-state index in [2.05, 4.69) is 0 Å². The Morgan fingerprint density at radius 2 is 2.14 bits per heavy atom. The Kier molecular flexibility index (Phi) is 4.21. The zero-order chi connectivity index (χ0) is 10.6. The second-order valence-corrected chi connectivity index (χ2v) is 3.93. The highest BCUT2D eigenvalue weighted by molar-refractivity contribution is 8.00. The summed E-state index contributed by atoms with van der Waals surface area (Å²) in [7, 11) is 0. The lowest BCUT2D eigenvalue weighted by Gasteiger charge is -2.11. The molecule has 1 fully saturated rings. The van der Waals surface area contributed by atoms with Crippen molar-refractivity contribution in [2.75, 3.05) is 12.4 Å². The molecule has 0 unspecified atom stereocenters. The third-order valence-corrected chi connectivity index (χ3v) is 2.53. The molecule has 0 saturated carbocycles. The van der Waals surface area contributed by atoms with Gasteiger partial charge in [-0.1, -0.05) is 0 Å². The largest absolute Gasteiger partial charge is 0.462 e. The molecule has 0 amide bonds. The highest BCUT2D eigenvalue weighted by Gasteiger charge is 2.28. The summed E-state index contributed by atoms with van der Waals surface area (Å²) in [6.07, 6.45) is -0.516. The summed E-state index contributed by atoms with van der Waals surface area (Å²) in [5, 5.41) is 0. The summed E-state index contributed by atoms with van der Waals surface area (Å²) in [6, 6.07) is 0. The Morgan fingerprint density at radius 1 is 1.43 bits per heavy atom. The van der Waals surface area contributed by atoms with Crippen molar-refractivity contribution in [3.05, 3.63) is 0 Å². The van der Waals surface area contributed by atoms with Gasteiger partial charge in [-0.2, -0.15) is 0 Å². The van der Waals surface area contributed by atoms with Crippen LogP contribution in [0.3, 0.4) is 0 Å². The normalized spacial score (nSPS) is 25.9. The maximum atomic E-state index is 10.6. The first-order chi connectivity index (χ1) is 6.58. The second-order valence-electron chi connectivity index (χ2n) is 2.74. The summed E-state index contributed by atoms with van der Waals surface area (Å²) in [5.41, 5.74) is -0.233. The molecule has 0 spiro atoms. The second kappa shape index (κ2) is 5.21. The SMILES string of the molecule is CC(=O)OC[C@H]1O[C@@H](OC(C)=O)CS1. The van der Waals surface area contributed by atoms with Gasteiger partial charge in [-0.25, -0.2) is 0 Å². The van der Waals surface area contributed by atoms with E-state index in [1.165, 1.54) is 25.6 Å². The molecule has 0 bridgehead atoms. The van der Waals surface area contributed by atoms with Crippen molar-refractivity contribution in [1.29, 1.82) is 0 Å². The number of hydrogen-bond acceptors (Lipinski definition) is 6. The summed E-state index contributed by atoms with van der Waals surface area (Å²) >= 11 is 1.46. The zero-order valence-corrected chi connectivity index (χ0v) is 8.83. The number of esters is 2. The average Bonchev–Trinajstić information content (AvgIpc) is 2.47. The van der Waals surface area contributed by atoms with E-state index in [-0.39, 0.29) is 24.0 Å². The third kappa shape index (κ3) is 3.97. The minimum atomic E-state index is -0.516. The monoisotopic (exact) mass is 220 g/mol. The van der Waals surface area contributed by atoms with Crippen LogP contribution in [0.2, 0.25) is 0 Å². The lowest BCUT2D eigenvalue weighted by atomic mass is 10.7. The molecule has 80 valence electrons. The van der Waals surface area contributed by atoms with Gasteiger partial charge in [0.15, 0.2) is 0 Å². The predicted octanol–water partition coefficient (Wildman–Crippen LogP) is 0.528. The Hall–Kier alpha value is -0.750. The topological polar surface area (TPSA) is 61.8 Å². The summed E-state index contributed by atoms with van der Waals surface area (Å²) < 4.78 is 14.8. The quantitative estimate of drug-likeness (QED) is 0.646. The molecule has 0 aromatic rings. The van der Waals surface area contributed by atoms with E-state index in [1.54, 1.807) is 0 Å². The van der Waals surface area contributed by atoms with Crippen LogP contribution in [0.1, 0.15) is 13.8 Å². The van der Waals surface area contributed by atoms with Crippen molar-refractivity contribution >= 4 is 23.7 Å². The van der Waals surface area contributed by atoms with Gasteiger partial charge in [-0.15, -0.1) is 11.8 Å².